The predicted molar refractivity (Wildman–Crippen MR) is 150 cm³/mol. The summed E-state index contributed by atoms with van der Waals surface area (Å²) in [4.78, 5) is 9.58. The van der Waals surface area contributed by atoms with E-state index in [0.717, 1.165) is 49.3 Å². The second kappa shape index (κ2) is 11.1. The number of pyridine rings is 1. The molecule has 1 aliphatic rings. The largest absolute Gasteiger partial charge is 0.485 e. The van der Waals surface area contributed by atoms with E-state index in [2.05, 4.69) is 56.7 Å². The van der Waals surface area contributed by atoms with E-state index in [0.29, 0.717) is 11.3 Å². The van der Waals surface area contributed by atoms with Crippen LogP contribution in [0.1, 0.15) is 27.7 Å². The van der Waals surface area contributed by atoms with Crippen LogP contribution in [0.5, 0.6) is 5.75 Å². The Kier molecular flexibility index (Phi) is 8.21. The van der Waals surface area contributed by atoms with Gasteiger partial charge < -0.3 is 19.0 Å². The molecule has 1 fully saturated rings. The lowest BCUT2D eigenvalue weighted by molar-refractivity contribution is 0.193. The van der Waals surface area contributed by atoms with Crippen LogP contribution in [0.4, 0.5) is 14.6 Å². The van der Waals surface area contributed by atoms with Crippen molar-refractivity contribution in [3.05, 3.63) is 54.1 Å². The lowest BCUT2D eigenvalue weighted by Crippen LogP contribution is -2.46. The smallest absolute Gasteiger partial charge is 0.192 e. The zero-order valence-corrected chi connectivity index (χ0v) is 23.9. The average Bonchev–Trinajstić information content (AvgIpc) is 2.86. The highest BCUT2D eigenvalue weighted by atomic mass is 28.4. The summed E-state index contributed by atoms with van der Waals surface area (Å²) in [6.45, 7) is 17.9. The Morgan fingerprint density at radius 3 is 2.22 bits per heavy atom. The highest BCUT2D eigenvalue weighted by Crippen LogP contribution is 2.37. The maximum absolute atomic E-state index is 15.1. The number of halogens is 2. The molecule has 0 saturated carbocycles. The Hall–Kier alpha value is -2.55. The molecular formula is C29H39F2N3O2Si. The molecule has 1 aliphatic heterocycles. The van der Waals surface area contributed by atoms with Crippen molar-refractivity contribution in [1.82, 2.24) is 9.88 Å². The summed E-state index contributed by atoms with van der Waals surface area (Å²) >= 11 is 0. The fraction of sp³-hybridized carbons (Fsp3) is 0.483. The van der Waals surface area contributed by atoms with E-state index in [1.807, 2.05) is 24.3 Å². The number of fused-ring (bicyclic) bond motifs is 1. The van der Waals surface area contributed by atoms with Gasteiger partial charge in [-0.1, -0.05) is 52.0 Å². The molecule has 0 spiro atoms. The first-order valence-electron chi connectivity index (χ1n) is 13.1. The van der Waals surface area contributed by atoms with Gasteiger partial charge in [0.2, 0.25) is 0 Å². The molecule has 0 unspecified atom stereocenters. The quantitative estimate of drug-likeness (QED) is 0.240. The Morgan fingerprint density at radius 1 is 0.946 bits per heavy atom. The van der Waals surface area contributed by atoms with E-state index in [-0.39, 0.29) is 24.0 Å². The number of hydrogen-bond donors (Lipinski definition) is 0. The molecule has 3 aromatic rings. The minimum atomic E-state index is -1.95. The van der Waals surface area contributed by atoms with Crippen molar-refractivity contribution in [2.75, 3.05) is 50.8 Å². The minimum absolute atomic E-state index is 0.0560. The molecule has 5 nitrogen and oxygen atoms in total. The third-order valence-corrected chi connectivity index (χ3v) is 12.3. The normalized spacial score (nSPS) is 15.4. The summed E-state index contributed by atoms with van der Waals surface area (Å²) in [5.74, 6) is -1.00. The SMILES string of the molecule is CCN1CCN(c2nc(-c3cc(F)c(OCCO[Si](C)(C)C(C)(C)C)c(F)c3)cc3ccccc23)CC1. The average molecular weight is 528 g/mol. The number of aromatic nitrogens is 1. The molecule has 8 heteroatoms. The Balaban J connectivity index is 1.56. The van der Waals surface area contributed by atoms with Crippen molar-refractivity contribution in [2.45, 2.75) is 45.8 Å². The number of rotatable bonds is 8. The fourth-order valence-electron chi connectivity index (χ4n) is 4.35. The first-order chi connectivity index (χ1) is 17.5. The van der Waals surface area contributed by atoms with Crippen molar-refractivity contribution in [1.29, 1.82) is 0 Å². The molecule has 2 aromatic carbocycles. The van der Waals surface area contributed by atoms with Gasteiger partial charge in [0, 0.05) is 37.1 Å². The first kappa shape index (κ1) is 27.5. The van der Waals surface area contributed by atoms with Gasteiger partial charge in [-0.15, -0.1) is 0 Å². The number of nitrogens with zero attached hydrogens (tertiary/aromatic N) is 3. The van der Waals surface area contributed by atoms with E-state index in [1.54, 1.807) is 0 Å². The lowest BCUT2D eigenvalue weighted by Gasteiger charge is -2.36. The van der Waals surface area contributed by atoms with Gasteiger partial charge in [-0.05, 0) is 48.3 Å². The number of likely N-dealkylation sites (N-methyl/N-ethyl adjacent to an activating group) is 1. The number of benzene rings is 2. The van der Waals surface area contributed by atoms with E-state index in [9.17, 15) is 0 Å². The topological polar surface area (TPSA) is 37.8 Å². The second-order valence-corrected chi connectivity index (χ2v) is 16.0. The van der Waals surface area contributed by atoms with Crippen LogP contribution in [0.2, 0.25) is 18.1 Å². The molecular weight excluding hydrogens is 488 g/mol. The van der Waals surface area contributed by atoms with Gasteiger partial charge in [-0.3, -0.25) is 0 Å². The molecule has 0 amide bonds. The number of piperazine rings is 1. The van der Waals surface area contributed by atoms with E-state index < -0.39 is 20.0 Å². The van der Waals surface area contributed by atoms with Crippen LogP contribution >= 0.6 is 0 Å². The zero-order chi connectivity index (χ0) is 26.8. The monoisotopic (exact) mass is 527 g/mol. The summed E-state index contributed by atoms with van der Waals surface area (Å²) < 4.78 is 41.7. The lowest BCUT2D eigenvalue weighted by atomic mass is 10.1. The van der Waals surface area contributed by atoms with Gasteiger partial charge in [-0.2, -0.15) is 0 Å². The van der Waals surface area contributed by atoms with Crippen LogP contribution in [-0.4, -0.2) is 64.1 Å². The van der Waals surface area contributed by atoms with E-state index in [1.165, 1.54) is 12.1 Å². The molecule has 4 rings (SSSR count). The molecule has 0 N–H and O–H groups in total. The molecule has 1 saturated heterocycles. The summed E-state index contributed by atoms with van der Waals surface area (Å²) in [6.07, 6.45) is 0. The van der Waals surface area contributed by atoms with Crippen LogP contribution in [0.15, 0.2) is 42.5 Å². The number of ether oxygens (including phenoxy) is 1. The maximum Gasteiger partial charge on any atom is 0.192 e. The second-order valence-electron chi connectivity index (χ2n) is 11.2. The van der Waals surface area contributed by atoms with Crippen LogP contribution in [0.3, 0.4) is 0 Å². The summed E-state index contributed by atoms with van der Waals surface area (Å²) in [5, 5.41) is 2.09. The minimum Gasteiger partial charge on any atom is -0.485 e. The summed E-state index contributed by atoms with van der Waals surface area (Å²) in [6, 6.07) is 12.5. The predicted octanol–water partition coefficient (Wildman–Crippen LogP) is 6.72. The summed E-state index contributed by atoms with van der Waals surface area (Å²) in [7, 11) is -1.95. The fourth-order valence-corrected chi connectivity index (χ4v) is 5.37. The van der Waals surface area contributed by atoms with Gasteiger partial charge in [0.1, 0.15) is 12.4 Å². The Labute approximate surface area is 220 Å². The van der Waals surface area contributed by atoms with Crippen molar-refractivity contribution in [3.8, 4) is 17.0 Å². The maximum atomic E-state index is 15.1. The molecule has 0 radical (unpaired) electrons. The summed E-state index contributed by atoms with van der Waals surface area (Å²) in [5.41, 5.74) is 0.927. The van der Waals surface area contributed by atoms with Gasteiger partial charge in [0.05, 0.1) is 12.3 Å². The van der Waals surface area contributed by atoms with Crippen molar-refractivity contribution < 1.29 is 17.9 Å². The zero-order valence-electron chi connectivity index (χ0n) is 22.9. The van der Waals surface area contributed by atoms with Crippen LogP contribution < -0.4 is 9.64 Å². The van der Waals surface area contributed by atoms with Gasteiger partial charge >= 0.3 is 0 Å². The van der Waals surface area contributed by atoms with Crippen molar-refractivity contribution in [3.63, 3.8) is 0 Å². The Bertz CT molecular complexity index is 1210. The van der Waals surface area contributed by atoms with Crippen LogP contribution in [0.25, 0.3) is 22.0 Å². The standard InChI is InChI=1S/C29H39F2N3O2Si/c1-7-33-12-14-34(15-13-33)28-23-11-9-8-10-21(23)20-26(32-28)22-18-24(30)27(25(31)19-22)35-16-17-36-37(5,6)29(2,3)4/h8-11,18-20H,7,12-17H2,1-6H3. The van der Waals surface area contributed by atoms with Gasteiger partial charge in [0.15, 0.2) is 25.7 Å². The highest BCUT2D eigenvalue weighted by molar-refractivity contribution is 6.74. The van der Waals surface area contributed by atoms with Gasteiger partial charge in [0.25, 0.3) is 0 Å². The molecule has 1 aromatic heterocycles. The molecule has 0 atom stereocenters. The van der Waals surface area contributed by atoms with Gasteiger partial charge in [-0.25, -0.2) is 13.8 Å². The first-order valence-corrected chi connectivity index (χ1v) is 16.0. The van der Waals surface area contributed by atoms with Crippen LogP contribution in [-0.2, 0) is 4.43 Å². The number of hydrogen-bond acceptors (Lipinski definition) is 5. The van der Waals surface area contributed by atoms with Crippen molar-refractivity contribution in [2.24, 2.45) is 0 Å². The molecule has 0 bridgehead atoms. The van der Waals surface area contributed by atoms with Crippen molar-refractivity contribution >= 4 is 24.9 Å². The molecule has 2 heterocycles. The third kappa shape index (κ3) is 6.13. The highest BCUT2D eigenvalue weighted by Gasteiger charge is 2.37. The Morgan fingerprint density at radius 2 is 1.59 bits per heavy atom. The molecule has 37 heavy (non-hydrogen) atoms. The number of anilines is 1. The van der Waals surface area contributed by atoms with E-state index in [4.69, 9.17) is 14.1 Å². The molecule has 0 aliphatic carbocycles. The third-order valence-electron chi connectivity index (χ3n) is 7.73. The van der Waals surface area contributed by atoms with E-state index >= 15 is 8.78 Å². The van der Waals surface area contributed by atoms with Crippen LogP contribution in [0, 0.1) is 11.6 Å². The molecule has 200 valence electrons.